The normalized spacial score (nSPS) is 33.1. The maximum Gasteiger partial charge on any atom is 0.311 e. The van der Waals surface area contributed by atoms with Crippen LogP contribution in [-0.4, -0.2) is 23.3 Å². The number of carbonyl (C=O) groups excluding carboxylic acids is 1. The van der Waals surface area contributed by atoms with E-state index in [9.17, 15) is 9.90 Å². The number of hydrogen-bond donors (Lipinski definition) is 1. The molecule has 0 saturated heterocycles. The van der Waals surface area contributed by atoms with Crippen molar-refractivity contribution in [1.82, 2.24) is 0 Å². The van der Waals surface area contributed by atoms with Crippen molar-refractivity contribution in [2.75, 3.05) is 0 Å². The van der Waals surface area contributed by atoms with E-state index in [-0.39, 0.29) is 24.1 Å². The lowest BCUT2D eigenvalue weighted by Gasteiger charge is -2.23. The molecular formula is C11H20O3. The van der Waals surface area contributed by atoms with Crippen LogP contribution >= 0.6 is 0 Å². The molecule has 0 spiro atoms. The van der Waals surface area contributed by atoms with Crippen LogP contribution in [0, 0.1) is 11.3 Å². The van der Waals surface area contributed by atoms with Crippen LogP contribution in [0.1, 0.15) is 40.5 Å². The number of aliphatic hydroxyl groups is 1. The molecule has 1 aliphatic carbocycles. The van der Waals surface area contributed by atoms with Crippen LogP contribution in [0.25, 0.3) is 0 Å². The first-order valence-corrected chi connectivity index (χ1v) is 5.21. The number of carbonyl (C=O) groups is 1. The predicted molar refractivity (Wildman–Crippen MR) is 53.7 cm³/mol. The molecule has 1 saturated carbocycles. The Morgan fingerprint density at radius 1 is 1.36 bits per heavy atom. The molecule has 14 heavy (non-hydrogen) atoms. The number of aliphatic hydroxyl groups excluding tert-OH is 1. The standard InChI is InChI=1S/C11H20O3/c1-7-8(12)5-6-9(7)14-10(13)11(2,3)4/h7-9,12H,5-6H2,1-4H3/t7-,8+,9-/m0/s1. The van der Waals surface area contributed by atoms with Gasteiger partial charge >= 0.3 is 5.97 Å². The minimum absolute atomic E-state index is 0.0706. The lowest BCUT2D eigenvalue weighted by molar-refractivity contribution is -0.160. The Bertz CT molecular complexity index is 217. The average molecular weight is 200 g/mol. The minimum atomic E-state index is -0.451. The largest absolute Gasteiger partial charge is 0.462 e. The summed E-state index contributed by atoms with van der Waals surface area (Å²) in [4.78, 5) is 11.6. The smallest absolute Gasteiger partial charge is 0.311 e. The van der Waals surface area contributed by atoms with Gasteiger partial charge in [0, 0.05) is 5.92 Å². The second-order valence-corrected chi connectivity index (χ2v) is 5.20. The third kappa shape index (κ3) is 2.47. The van der Waals surface area contributed by atoms with Crippen LogP contribution in [0.3, 0.4) is 0 Å². The Morgan fingerprint density at radius 3 is 2.29 bits per heavy atom. The maximum absolute atomic E-state index is 11.6. The summed E-state index contributed by atoms with van der Waals surface area (Å²) in [6.45, 7) is 7.44. The third-order valence-corrected chi connectivity index (χ3v) is 2.81. The Morgan fingerprint density at radius 2 is 1.93 bits per heavy atom. The minimum Gasteiger partial charge on any atom is -0.462 e. The van der Waals surface area contributed by atoms with Crippen LogP contribution in [-0.2, 0) is 9.53 Å². The summed E-state index contributed by atoms with van der Waals surface area (Å²) in [6.07, 6.45) is 1.11. The summed E-state index contributed by atoms with van der Waals surface area (Å²) in [6, 6.07) is 0. The Labute approximate surface area is 85.5 Å². The van der Waals surface area contributed by atoms with Gasteiger partial charge < -0.3 is 9.84 Å². The fourth-order valence-corrected chi connectivity index (χ4v) is 1.59. The Kier molecular flexibility index (Phi) is 3.20. The molecule has 1 fully saturated rings. The van der Waals surface area contributed by atoms with E-state index in [1.807, 2.05) is 27.7 Å². The summed E-state index contributed by atoms with van der Waals surface area (Å²) in [7, 11) is 0. The SMILES string of the molecule is C[C@H]1[C@H](O)CC[C@@H]1OC(=O)C(C)(C)C. The number of esters is 1. The van der Waals surface area contributed by atoms with Crippen molar-refractivity contribution in [3.63, 3.8) is 0 Å². The van der Waals surface area contributed by atoms with Crippen molar-refractivity contribution >= 4 is 5.97 Å². The van der Waals surface area contributed by atoms with Crippen molar-refractivity contribution in [3.8, 4) is 0 Å². The van der Waals surface area contributed by atoms with E-state index in [0.29, 0.717) is 0 Å². The van der Waals surface area contributed by atoms with E-state index in [0.717, 1.165) is 12.8 Å². The van der Waals surface area contributed by atoms with Gasteiger partial charge in [-0.1, -0.05) is 6.92 Å². The maximum atomic E-state index is 11.6. The molecular weight excluding hydrogens is 180 g/mol. The molecule has 0 aromatic carbocycles. The second kappa shape index (κ2) is 3.89. The molecule has 3 atom stereocenters. The zero-order valence-corrected chi connectivity index (χ0v) is 9.41. The van der Waals surface area contributed by atoms with Crippen molar-refractivity contribution < 1.29 is 14.6 Å². The monoisotopic (exact) mass is 200 g/mol. The molecule has 0 aliphatic heterocycles. The van der Waals surface area contributed by atoms with E-state index in [1.165, 1.54) is 0 Å². The van der Waals surface area contributed by atoms with Crippen molar-refractivity contribution in [2.24, 2.45) is 11.3 Å². The molecule has 82 valence electrons. The van der Waals surface area contributed by atoms with Gasteiger partial charge in [0.1, 0.15) is 6.10 Å². The van der Waals surface area contributed by atoms with Crippen LogP contribution in [0.15, 0.2) is 0 Å². The first kappa shape index (κ1) is 11.5. The first-order valence-electron chi connectivity index (χ1n) is 5.21. The van der Waals surface area contributed by atoms with Gasteiger partial charge in [-0.2, -0.15) is 0 Å². The molecule has 3 nitrogen and oxygen atoms in total. The summed E-state index contributed by atoms with van der Waals surface area (Å²) >= 11 is 0. The average Bonchev–Trinajstić information content (AvgIpc) is 2.34. The van der Waals surface area contributed by atoms with Gasteiger partial charge in [0.25, 0.3) is 0 Å². The summed E-state index contributed by atoms with van der Waals surface area (Å²) in [5, 5.41) is 9.49. The topological polar surface area (TPSA) is 46.5 Å². The van der Waals surface area contributed by atoms with Gasteiger partial charge in [-0.3, -0.25) is 4.79 Å². The predicted octanol–water partition coefficient (Wildman–Crippen LogP) is 1.74. The van der Waals surface area contributed by atoms with E-state index >= 15 is 0 Å². The third-order valence-electron chi connectivity index (χ3n) is 2.81. The zero-order valence-electron chi connectivity index (χ0n) is 9.41. The molecule has 0 bridgehead atoms. The van der Waals surface area contributed by atoms with E-state index < -0.39 is 5.41 Å². The molecule has 3 heteroatoms. The van der Waals surface area contributed by atoms with Gasteiger partial charge in [-0.05, 0) is 33.6 Å². The van der Waals surface area contributed by atoms with Crippen LogP contribution in [0.4, 0.5) is 0 Å². The molecule has 0 amide bonds. The fraction of sp³-hybridized carbons (Fsp3) is 0.909. The number of ether oxygens (including phenoxy) is 1. The lowest BCUT2D eigenvalue weighted by Crippen LogP contribution is -2.31. The van der Waals surface area contributed by atoms with Gasteiger partial charge in [0.05, 0.1) is 11.5 Å². The highest BCUT2D eigenvalue weighted by molar-refractivity contribution is 5.75. The molecule has 0 unspecified atom stereocenters. The second-order valence-electron chi connectivity index (χ2n) is 5.20. The number of rotatable bonds is 1. The summed E-state index contributed by atoms with van der Waals surface area (Å²) in [5.74, 6) is -0.107. The quantitative estimate of drug-likeness (QED) is 0.656. The van der Waals surface area contributed by atoms with Crippen molar-refractivity contribution in [3.05, 3.63) is 0 Å². The Balaban J connectivity index is 2.50. The highest BCUT2D eigenvalue weighted by atomic mass is 16.5. The summed E-state index contributed by atoms with van der Waals surface area (Å²) in [5.41, 5.74) is -0.451. The van der Waals surface area contributed by atoms with Gasteiger partial charge in [0.2, 0.25) is 0 Å². The first-order chi connectivity index (χ1) is 6.32. The van der Waals surface area contributed by atoms with E-state index in [1.54, 1.807) is 0 Å². The summed E-state index contributed by atoms with van der Waals surface area (Å²) < 4.78 is 5.36. The fourth-order valence-electron chi connectivity index (χ4n) is 1.59. The van der Waals surface area contributed by atoms with Crippen LogP contribution in [0.5, 0.6) is 0 Å². The van der Waals surface area contributed by atoms with Crippen molar-refractivity contribution in [1.29, 1.82) is 0 Å². The molecule has 0 heterocycles. The van der Waals surface area contributed by atoms with Crippen molar-refractivity contribution in [2.45, 2.75) is 52.7 Å². The Hall–Kier alpha value is -0.570. The molecule has 1 rings (SSSR count). The highest BCUT2D eigenvalue weighted by Crippen LogP contribution is 2.30. The van der Waals surface area contributed by atoms with Crippen LogP contribution < -0.4 is 0 Å². The van der Waals surface area contributed by atoms with Gasteiger partial charge in [-0.25, -0.2) is 0 Å². The zero-order chi connectivity index (χ0) is 10.9. The number of hydrogen-bond acceptors (Lipinski definition) is 3. The molecule has 0 radical (unpaired) electrons. The van der Waals surface area contributed by atoms with Gasteiger partial charge in [-0.15, -0.1) is 0 Å². The van der Waals surface area contributed by atoms with Gasteiger partial charge in [0.15, 0.2) is 0 Å². The molecule has 1 N–H and O–H groups in total. The van der Waals surface area contributed by atoms with Crippen LogP contribution in [0.2, 0.25) is 0 Å². The molecule has 0 aromatic rings. The highest BCUT2D eigenvalue weighted by Gasteiger charge is 2.36. The van der Waals surface area contributed by atoms with E-state index in [4.69, 9.17) is 4.74 Å². The molecule has 1 aliphatic rings. The van der Waals surface area contributed by atoms with E-state index in [2.05, 4.69) is 0 Å². The lowest BCUT2D eigenvalue weighted by atomic mass is 9.97. The molecule has 0 aromatic heterocycles.